The molecule has 0 saturated heterocycles. The average Bonchev–Trinajstić information content (AvgIpc) is 2.67. The summed E-state index contributed by atoms with van der Waals surface area (Å²) in [4.78, 5) is 8.82. The Morgan fingerprint density at radius 1 is 0.571 bits per heavy atom. The van der Waals surface area contributed by atoms with Gasteiger partial charge < -0.3 is 0 Å². The molecule has 0 saturated carbocycles. The predicted octanol–water partition coefficient (Wildman–Crippen LogP) is 6.26. The first kappa shape index (κ1) is 18.0. The Balaban J connectivity index is 1.98. The Bertz CT molecular complexity index is 1150. The Morgan fingerprint density at radius 2 is 1.04 bits per heavy atom. The minimum absolute atomic E-state index is 0.0556. The van der Waals surface area contributed by atoms with Crippen molar-refractivity contribution in [2.24, 2.45) is 0 Å². The third-order valence-corrected chi connectivity index (χ3v) is 4.23. The monoisotopic (exact) mass is 386 g/mol. The van der Waals surface area contributed by atoms with Crippen LogP contribution in [0.1, 0.15) is 5.56 Å². The minimum atomic E-state index is -4.51. The van der Waals surface area contributed by atoms with E-state index in [-0.39, 0.29) is 16.7 Å². The summed E-state index contributed by atoms with van der Waals surface area (Å²) in [6, 6.07) is 14.0. The van der Waals surface area contributed by atoms with Crippen LogP contribution in [-0.2, 0) is 6.18 Å². The average molecular weight is 386 g/mol. The highest BCUT2D eigenvalue weighted by molar-refractivity contribution is 5.86. The number of halogens is 5. The lowest BCUT2D eigenvalue weighted by molar-refractivity contribution is -0.137. The number of hydrogen-bond acceptors (Lipinski definition) is 2. The molecule has 0 atom stereocenters. The van der Waals surface area contributed by atoms with Gasteiger partial charge in [-0.25, -0.2) is 18.7 Å². The second-order valence-corrected chi connectivity index (χ2v) is 6.14. The molecule has 0 bridgehead atoms. The number of nitrogens with zero attached hydrogens (tertiary/aromatic N) is 2. The van der Waals surface area contributed by atoms with Crippen molar-refractivity contribution >= 4 is 11.0 Å². The summed E-state index contributed by atoms with van der Waals surface area (Å²) in [6.07, 6.45) is -4.51. The van der Waals surface area contributed by atoms with Crippen molar-refractivity contribution < 1.29 is 22.0 Å². The van der Waals surface area contributed by atoms with Crippen molar-refractivity contribution in [2.75, 3.05) is 0 Å². The minimum Gasteiger partial charge on any atom is -0.244 e. The summed E-state index contributed by atoms with van der Waals surface area (Å²) in [5.74, 6) is -0.893. The number of fused-ring (bicyclic) bond motifs is 1. The van der Waals surface area contributed by atoms with Crippen LogP contribution in [0.5, 0.6) is 0 Å². The molecule has 0 spiro atoms. The van der Waals surface area contributed by atoms with Crippen molar-refractivity contribution in [3.63, 3.8) is 0 Å². The maximum atomic E-state index is 13.3. The fourth-order valence-corrected chi connectivity index (χ4v) is 2.85. The zero-order valence-electron chi connectivity index (χ0n) is 14.1. The maximum absolute atomic E-state index is 13.3. The van der Waals surface area contributed by atoms with E-state index in [4.69, 9.17) is 0 Å². The van der Waals surface area contributed by atoms with Gasteiger partial charge in [-0.3, -0.25) is 0 Å². The van der Waals surface area contributed by atoms with Gasteiger partial charge in [0.25, 0.3) is 0 Å². The second-order valence-electron chi connectivity index (χ2n) is 6.14. The molecule has 4 aromatic rings. The molecule has 2 nitrogen and oxygen atoms in total. The van der Waals surface area contributed by atoms with E-state index in [1.165, 1.54) is 54.6 Å². The van der Waals surface area contributed by atoms with E-state index in [0.29, 0.717) is 16.8 Å². The fourth-order valence-electron chi connectivity index (χ4n) is 2.85. The Morgan fingerprint density at radius 3 is 1.50 bits per heavy atom. The first-order chi connectivity index (χ1) is 13.3. The molecule has 7 heteroatoms. The standard InChI is InChI=1S/C21H11F5N2/c22-15-6-1-12(2-7-15)19-20(13-3-8-16(23)9-4-13)28-18-11-14(21(24,25)26)5-10-17(18)27-19/h1-11H. The van der Waals surface area contributed by atoms with Gasteiger partial charge in [0.2, 0.25) is 0 Å². The van der Waals surface area contributed by atoms with E-state index in [1.807, 2.05) is 0 Å². The molecule has 0 radical (unpaired) electrons. The molecule has 0 unspecified atom stereocenters. The summed E-state index contributed by atoms with van der Waals surface area (Å²) in [7, 11) is 0. The Kier molecular flexibility index (Phi) is 4.30. The number of benzene rings is 3. The lowest BCUT2D eigenvalue weighted by atomic mass is 10.0. The van der Waals surface area contributed by atoms with Gasteiger partial charge in [0.15, 0.2) is 0 Å². The van der Waals surface area contributed by atoms with Crippen molar-refractivity contribution in [1.82, 2.24) is 9.97 Å². The third kappa shape index (κ3) is 3.43. The van der Waals surface area contributed by atoms with Gasteiger partial charge in [-0.05, 0) is 66.7 Å². The first-order valence-corrected chi connectivity index (χ1v) is 8.22. The molecule has 1 aromatic heterocycles. The second kappa shape index (κ2) is 6.67. The van der Waals surface area contributed by atoms with Gasteiger partial charge in [-0.1, -0.05) is 0 Å². The molecule has 3 aromatic carbocycles. The lowest BCUT2D eigenvalue weighted by Gasteiger charge is -2.12. The molecule has 0 amide bonds. The number of aromatic nitrogens is 2. The Labute approximate surface area is 156 Å². The molecule has 0 aliphatic carbocycles. The van der Waals surface area contributed by atoms with E-state index in [2.05, 4.69) is 9.97 Å². The topological polar surface area (TPSA) is 25.8 Å². The van der Waals surface area contributed by atoms with E-state index >= 15 is 0 Å². The zero-order valence-corrected chi connectivity index (χ0v) is 14.1. The van der Waals surface area contributed by atoms with Crippen LogP contribution in [0.15, 0.2) is 66.7 Å². The van der Waals surface area contributed by atoms with Gasteiger partial charge in [0, 0.05) is 11.1 Å². The zero-order chi connectivity index (χ0) is 19.9. The number of rotatable bonds is 2. The molecule has 0 aliphatic heterocycles. The van der Waals surface area contributed by atoms with Crippen LogP contribution in [0.2, 0.25) is 0 Å². The lowest BCUT2D eigenvalue weighted by Crippen LogP contribution is -2.05. The van der Waals surface area contributed by atoms with Crippen LogP contribution in [0, 0.1) is 11.6 Å². The van der Waals surface area contributed by atoms with Crippen molar-refractivity contribution in [3.05, 3.63) is 83.9 Å². The summed E-state index contributed by atoms with van der Waals surface area (Å²) in [5, 5.41) is 0. The normalized spacial score (nSPS) is 11.8. The summed E-state index contributed by atoms with van der Waals surface area (Å²) >= 11 is 0. The third-order valence-electron chi connectivity index (χ3n) is 4.23. The molecular weight excluding hydrogens is 375 g/mol. The first-order valence-electron chi connectivity index (χ1n) is 8.22. The van der Waals surface area contributed by atoms with Crippen LogP contribution < -0.4 is 0 Å². The molecule has 0 aliphatic rings. The van der Waals surface area contributed by atoms with E-state index < -0.39 is 23.4 Å². The van der Waals surface area contributed by atoms with Crippen LogP contribution in [0.4, 0.5) is 22.0 Å². The van der Waals surface area contributed by atoms with E-state index in [1.54, 1.807) is 0 Å². The molecule has 0 fully saturated rings. The van der Waals surface area contributed by atoms with Crippen molar-refractivity contribution in [2.45, 2.75) is 6.18 Å². The van der Waals surface area contributed by atoms with Gasteiger partial charge in [0.1, 0.15) is 11.6 Å². The van der Waals surface area contributed by atoms with Gasteiger partial charge >= 0.3 is 6.18 Å². The predicted molar refractivity (Wildman–Crippen MR) is 95.3 cm³/mol. The molecule has 28 heavy (non-hydrogen) atoms. The Hall–Kier alpha value is -3.35. The van der Waals surface area contributed by atoms with Crippen LogP contribution in [0.25, 0.3) is 33.5 Å². The number of hydrogen-bond donors (Lipinski definition) is 0. The molecule has 1 heterocycles. The maximum Gasteiger partial charge on any atom is 0.416 e. The van der Waals surface area contributed by atoms with Crippen LogP contribution >= 0.6 is 0 Å². The molecule has 140 valence electrons. The van der Waals surface area contributed by atoms with Crippen molar-refractivity contribution in [1.29, 1.82) is 0 Å². The summed E-state index contributed by atoms with van der Waals surface area (Å²) in [5.41, 5.74) is 1.13. The van der Waals surface area contributed by atoms with Crippen LogP contribution in [-0.4, -0.2) is 9.97 Å². The highest BCUT2D eigenvalue weighted by Crippen LogP contribution is 2.34. The largest absolute Gasteiger partial charge is 0.416 e. The quantitative estimate of drug-likeness (QED) is 0.380. The highest BCUT2D eigenvalue weighted by atomic mass is 19.4. The van der Waals surface area contributed by atoms with E-state index in [0.717, 1.165) is 12.1 Å². The van der Waals surface area contributed by atoms with Gasteiger partial charge in [-0.15, -0.1) is 0 Å². The highest BCUT2D eigenvalue weighted by Gasteiger charge is 2.31. The fraction of sp³-hybridized carbons (Fsp3) is 0.0476. The molecule has 0 N–H and O–H groups in total. The van der Waals surface area contributed by atoms with Crippen molar-refractivity contribution in [3.8, 4) is 22.5 Å². The SMILES string of the molecule is Fc1ccc(-c2nc3ccc(C(F)(F)F)cc3nc2-c2ccc(F)cc2)cc1. The van der Waals surface area contributed by atoms with Gasteiger partial charge in [0.05, 0.1) is 28.0 Å². The summed E-state index contributed by atoms with van der Waals surface area (Å²) in [6.45, 7) is 0. The molecule has 4 rings (SSSR count). The molecular formula is C21H11F5N2. The number of alkyl halides is 3. The van der Waals surface area contributed by atoms with Crippen LogP contribution in [0.3, 0.4) is 0 Å². The smallest absolute Gasteiger partial charge is 0.244 e. The van der Waals surface area contributed by atoms with Gasteiger partial charge in [-0.2, -0.15) is 13.2 Å². The van der Waals surface area contributed by atoms with E-state index in [9.17, 15) is 22.0 Å². The summed E-state index contributed by atoms with van der Waals surface area (Å²) < 4.78 is 65.7.